The third kappa shape index (κ3) is 2.82. The Hall–Kier alpha value is -0.330. The minimum Gasteiger partial charge on any atom is -0.299 e. The van der Waals surface area contributed by atoms with Gasteiger partial charge < -0.3 is 0 Å². The molecule has 13 heavy (non-hydrogen) atoms. The Morgan fingerprint density at radius 3 is 2.62 bits per heavy atom. The molecule has 76 valence electrons. The van der Waals surface area contributed by atoms with Crippen molar-refractivity contribution in [1.82, 2.24) is 0 Å². The second-order valence-corrected chi connectivity index (χ2v) is 4.69. The van der Waals surface area contributed by atoms with Crippen LogP contribution in [0.2, 0.25) is 0 Å². The number of carbonyl (C=O) groups is 1. The Morgan fingerprint density at radius 2 is 2.08 bits per heavy atom. The van der Waals surface area contributed by atoms with E-state index >= 15 is 0 Å². The number of ketones is 1. The average Bonchev–Trinajstić information content (AvgIpc) is 2.17. The lowest BCUT2D eigenvalue weighted by Crippen LogP contribution is -2.25. The fourth-order valence-corrected chi connectivity index (χ4v) is 2.41. The van der Waals surface area contributed by atoms with Crippen LogP contribution in [0.3, 0.4) is 0 Å². The second kappa shape index (κ2) is 4.78. The SMILES string of the molecule is CCC(=O)C1CCCC(C(C)C)C1. The van der Waals surface area contributed by atoms with Crippen LogP contribution in [0.4, 0.5) is 0 Å². The monoisotopic (exact) mass is 182 g/mol. The molecule has 2 atom stereocenters. The molecule has 1 fully saturated rings. The van der Waals surface area contributed by atoms with Crippen molar-refractivity contribution in [3.05, 3.63) is 0 Å². The van der Waals surface area contributed by atoms with Crippen LogP contribution in [0.1, 0.15) is 52.9 Å². The lowest BCUT2D eigenvalue weighted by Gasteiger charge is -2.30. The van der Waals surface area contributed by atoms with Gasteiger partial charge in [0.1, 0.15) is 5.78 Å². The van der Waals surface area contributed by atoms with Gasteiger partial charge in [-0.15, -0.1) is 0 Å². The molecule has 1 rings (SSSR count). The van der Waals surface area contributed by atoms with Crippen molar-refractivity contribution in [3.63, 3.8) is 0 Å². The van der Waals surface area contributed by atoms with Crippen LogP contribution in [0.25, 0.3) is 0 Å². The van der Waals surface area contributed by atoms with E-state index in [1.165, 1.54) is 12.8 Å². The zero-order chi connectivity index (χ0) is 9.84. The highest BCUT2D eigenvalue weighted by Crippen LogP contribution is 2.34. The van der Waals surface area contributed by atoms with Crippen molar-refractivity contribution in [2.24, 2.45) is 17.8 Å². The number of rotatable bonds is 3. The van der Waals surface area contributed by atoms with E-state index < -0.39 is 0 Å². The highest BCUT2D eigenvalue weighted by molar-refractivity contribution is 5.80. The van der Waals surface area contributed by atoms with Gasteiger partial charge in [0, 0.05) is 12.3 Å². The molecular weight excluding hydrogens is 160 g/mol. The third-order valence-corrected chi connectivity index (χ3v) is 3.46. The van der Waals surface area contributed by atoms with Crippen molar-refractivity contribution in [3.8, 4) is 0 Å². The molecule has 1 aliphatic carbocycles. The molecule has 0 saturated heterocycles. The molecule has 1 nitrogen and oxygen atoms in total. The summed E-state index contributed by atoms with van der Waals surface area (Å²) in [6, 6.07) is 0. The quantitative estimate of drug-likeness (QED) is 0.653. The maximum absolute atomic E-state index is 11.5. The van der Waals surface area contributed by atoms with E-state index in [0.717, 1.165) is 31.1 Å². The Labute approximate surface area is 81.9 Å². The summed E-state index contributed by atoms with van der Waals surface area (Å²) in [5.74, 6) is 2.44. The van der Waals surface area contributed by atoms with Crippen LogP contribution < -0.4 is 0 Å². The zero-order valence-electron chi connectivity index (χ0n) is 9.18. The van der Waals surface area contributed by atoms with E-state index in [4.69, 9.17) is 0 Å². The number of hydrogen-bond donors (Lipinski definition) is 0. The van der Waals surface area contributed by atoms with Crippen molar-refractivity contribution < 1.29 is 4.79 Å². The topological polar surface area (TPSA) is 17.1 Å². The van der Waals surface area contributed by atoms with E-state index in [2.05, 4.69) is 13.8 Å². The third-order valence-electron chi connectivity index (χ3n) is 3.46. The highest BCUT2D eigenvalue weighted by Gasteiger charge is 2.27. The lowest BCUT2D eigenvalue weighted by atomic mass is 9.74. The predicted octanol–water partition coefficient (Wildman–Crippen LogP) is 3.43. The summed E-state index contributed by atoms with van der Waals surface area (Å²) >= 11 is 0. The first-order valence-corrected chi connectivity index (χ1v) is 5.67. The van der Waals surface area contributed by atoms with Crippen LogP contribution in [-0.2, 0) is 4.79 Å². The Bertz CT molecular complexity index is 172. The van der Waals surface area contributed by atoms with Crippen LogP contribution in [-0.4, -0.2) is 5.78 Å². The first-order chi connectivity index (χ1) is 6.15. The molecule has 1 saturated carbocycles. The summed E-state index contributed by atoms with van der Waals surface area (Å²) in [5, 5.41) is 0. The van der Waals surface area contributed by atoms with E-state index in [1.807, 2.05) is 6.92 Å². The lowest BCUT2D eigenvalue weighted by molar-refractivity contribution is -0.124. The molecule has 0 aromatic carbocycles. The molecule has 0 heterocycles. The van der Waals surface area contributed by atoms with Crippen LogP contribution in [0.5, 0.6) is 0 Å². The Kier molecular flexibility index (Phi) is 3.95. The second-order valence-electron chi connectivity index (χ2n) is 4.69. The Balaban J connectivity index is 2.46. The molecule has 0 aromatic heterocycles. The average molecular weight is 182 g/mol. The van der Waals surface area contributed by atoms with Gasteiger partial charge in [-0.05, 0) is 24.7 Å². The van der Waals surface area contributed by atoms with Gasteiger partial charge in [0.25, 0.3) is 0 Å². The zero-order valence-corrected chi connectivity index (χ0v) is 9.18. The van der Waals surface area contributed by atoms with Gasteiger partial charge in [-0.3, -0.25) is 4.79 Å². The van der Waals surface area contributed by atoms with Crippen molar-refractivity contribution in [1.29, 1.82) is 0 Å². The standard InChI is InChI=1S/C12H22O/c1-4-12(13)11-7-5-6-10(8-11)9(2)3/h9-11H,4-8H2,1-3H3. The van der Waals surface area contributed by atoms with Crippen LogP contribution >= 0.6 is 0 Å². The molecule has 2 unspecified atom stereocenters. The summed E-state index contributed by atoms with van der Waals surface area (Å²) in [6.45, 7) is 6.55. The number of Topliss-reactive ketones (excluding diaryl/α,β-unsaturated/α-hetero) is 1. The summed E-state index contributed by atoms with van der Waals surface area (Å²) in [4.78, 5) is 11.5. The van der Waals surface area contributed by atoms with E-state index in [1.54, 1.807) is 0 Å². The largest absolute Gasteiger partial charge is 0.299 e. The predicted molar refractivity (Wildman–Crippen MR) is 55.6 cm³/mol. The fourth-order valence-electron chi connectivity index (χ4n) is 2.41. The van der Waals surface area contributed by atoms with Crippen molar-refractivity contribution >= 4 is 5.78 Å². The minimum absolute atomic E-state index is 0.395. The highest BCUT2D eigenvalue weighted by atomic mass is 16.1. The minimum atomic E-state index is 0.395. The molecular formula is C12H22O. The smallest absolute Gasteiger partial charge is 0.135 e. The molecule has 0 aromatic rings. The molecule has 0 spiro atoms. The van der Waals surface area contributed by atoms with E-state index in [0.29, 0.717) is 11.7 Å². The van der Waals surface area contributed by atoms with Crippen LogP contribution in [0, 0.1) is 17.8 Å². The van der Waals surface area contributed by atoms with Crippen LogP contribution in [0.15, 0.2) is 0 Å². The summed E-state index contributed by atoms with van der Waals surface area (Å²) in [6.07, 6.45) is 5.64. The first kappa shape index (κ1) is 10.7. The molecule has 1 aliphatic rings. The van der Waals surface area contributed by atoms with E-state index in [-0.39, 0.29) is 0 Å². The van der Waals surface area contributed by atoms with Crippen molar-refractivity contribution in [2.45, 2.75) is 52.9 Å². The molecule has 0 amide bonds. The molecule has 0 bridgehead atoms. The Morgan fingerprint density at radius 1 is 1.38 bits per heavy atom. The normalized spacial score (nSPS) is 29.2. The summed E-state index contributed by atoms with van der Waals surface area (Å²) in [7, 11) is 0. The van der Waals surface area contributed by atoms with E-state index in [9.17, 15) is 4.79 Å². The van der Waals surface area contributed by atoms with Gasteiger partial charge in [0.2, 0.25) is 0 Å². The fraction of sp³-hybridized carbons (Fsp3) is 0.917. The number of carbonyl (C=O) groups excluding carboxylic acids is 1. The van der Waals surface area contributed by atoms with Gasteiger partial charge in [-0.2, -0.15) is 0 Å². The molecule has 1 heteroatoms. The van der Waals surface area contributed by atoms with Gasteiger partial charge in [0.15, 0.2) is 0 Å². The van der Waals surface area contributed by atoms with Gasteiger partial charge >= 0.3 is 0 Å². The summed E-state index contributed by atoms with van der Waals surface area (Å²) < 4.78 is 0. The summed E-state index contributed by atoms with van der Waals surface area (Å²) in [5.41, 5.74) is 0. The van der Waals surface area contributed by atoms with Gasteiger partial charge in [-0.25, -0.2) is 0 Å². The molecule has 0 aliphatic heterocycles. The maximum Gasteiger partial charge on any atom is 0.135 e. The maximum atomic E-state index is 11.5. The van der Waals surface area contributed by atoms with Gasteiger partial charge in [0.05, 0.1) is 0 Å². The molecule has 0 N–H and O–H groups in total. The number of hydrogen-bond acceptors (Lipinski definition) is 1. The molecule has 0 radical (unpaired) electrons. The first-order valence-electron chi connectivity index (χ1n) is 5.67. The van der Waals surface area contributed by atoms with Gasteiger partial charge in [-0.1, -0.05) is 33.6 Å². The van der Waals surface area contributed by atoms with Crippen molar-refractivity contribution in [2.75, 3.05) is 0 Å².